The lowest BCUT2D eigenvalue weighted by atomic mass is 10.2. The summed E-state index contributed by atoms with van der Waals surface area (Å²) in [4.78, 5) is 4.25. The molecule has 5 heteroatoms. The van der Waals surface area contributed by atoms with E-state index >= 15 is 0 Å². The van der Waals surface area contributed by atoms with Gasteiger partial charge < -0.3 is 19.5 Å². The molecule has 27 heavy (non-hydrogen) atoms. The van der Waals surface area contributed by atoms with Gasteiger partial charge in [0.25, 0.3) is 0 Å². The van der Waals surface area contributed by atoms with Gasteiger partial charge in [-0.15, -0.1) is 0 Å². The lowest BCUT2D eigenvalue weighted by molar-refractivity contribution is 0.211. The third-order valence-electron chi connectivity index (χ3n) is 4.00. The Hall–Kier alpha value is -3.21. The van der Waals surface area contributed by atoms with Crippen LogP contribution in [0.2, 0.25) is 0 Å². The third kappa shape index (κ3) is 5.64. The van der Waals surface area contributed by atoms with E-state index in [-0.39, 0.29) is 0 Å². The van der Waals surface area contributed by atoms with E-state index in [0.29, 0.717) is 31.3 Å². The molecule has 0 amide bonds. The van der Waals surface area contributed by atoms with Crippen molar-refractivity contribution in [3.05, 3.63) is 78.0 Å². The van der Waals surface area contributed by atoms with Crippen LogP contribution >= 0.6 is 0 Å². The van der Waals surface area contributed by atoms with Crippen molar-refractivity contribution in [2.45, 2.75) is 13.5 Å². The van der Waals surface area contributed by atoms with Gasteiger partial charge in [-0.3, -0.25) is 0 Å². The summed E-state index contributed by atoms with van der Waals surface area (Å²) in [6.45, 7) is 3.61. The predicted molar refractivity (Wildman–Crippen MR) is 107 cm³/mol. The Labute approximate surface area is 159 Å². The highest BCUT2D eigenvalue weighted by Gasteiger charge is 2.06. The van der Waals surface area contributed by atoms with Crippen molar-refractivity contribution in [2.24, 2.45) is 0 Å². The molecule has 1 aromatic heterocycles. The molecule has 0 unspecified atom stereocenters. The smallest absolute Gasteiger partial charge is 0.161 e. The Morgan fingerprint density at radius 3 is 2.44 bits per heavy atom. The quantitative estimate of drug-likeness (QED) is 0.568. The van der Waals surface area contributed by atoms with E-state index < -0.39 is 0 Å². The van der Waals surface area contributed by atoms with Crippen molar-refractivity contribution in [2.75, 3.05) is 25.6 Å². The van der Waals surface area contributed by atoms with Crippen molar-refractivity contribution in [3.8, 4) is 17.2 Å². The number of methoxy groups -OCH3 is 1. The van der Waals surface area contributed by atoms with E-state index in [1.54, 1.807) is 13.3 Å². The van der Waals surface area contributed by atoms with Gasteiger partial charge in [-0.25, -0.2) is 4.98 Å². The van der Waals surface area contributed by atoms with E-state index in [2.05, 4.69) is 17.2 Å². The van der Waals surface area contributed by atoms with Crippen LogP contribution in [0.25, 0.3) is 0 Å². The van der Waals surface area contributed by atoms with Gasteiger partial charge >= 0.3 is 0 Å². The fourth-order valence-electron chi connectivity index (χ4n) is 2.55. The lowest BCUT2D eigenvalue weighted by Gasteiger charge is -2.13. The van der Waals surface area contributed by atoms with Crippen LogP contribution in [0.1, 0.15) is 11.1 Å². The molecular formula is C22H24N2O3. The predicted octanol–water partition coefficient (Wildman–Crippen LogP) is 4.47. The van der Waals surface area contributed by atoms with Crippen LogP contribution in [0.15, 0.2) is 66.9 Å². The Balaban J connectivity index is 1.50. The van der Waals surface area contributed by atoms with Gasteiger partial charge in [-0.05, 0) is 48.9 Å². The zero-order valence-corrected chi connectivity index (χ0v) is 15.6. The normalized spacial score (nSPS) is 10.3. The first-order chi connectivity index (χ1) is 13.2. The maximum absolute atomic E-state index is 5.81. The topological polar surface area (TPSA) is 52.6 Å². The fourth-order valence-corrected chi connectivity index (χ4v) is 2.55. The molecule has 0 aliphatic rings. The number of ether oxygens (including phenoxy) is 3. The molecule has 0 saturated carbocycles. The minimum Gasteiger partial charge on any atom is -0.493 e. The van der Waals surface area contributed by atoms with Gasteiger partial charge in [0.2, 0.25) is 0 Å². The Bertz CT molecular complexity index is 836. The summed E-state index contributed by atoms with van der Waals surface area (Å²) in [6, 6.07) is 19.6. The molecular weight excluding hydrogens is 340 g/mol. The molecule has 0 atom stereocenters. The fraction of sp³-hybridized carbons (Fsp3) is 0.227. The number of rotatable bonds is 9. The van der Waals surface area contributed by atoms with Gasteiger partial charge in [0.15, 0.2) is 11.5 Å². The molecule has 1 N–H and O–H groups in total. The number of anilines is 1. The highest BCUT2D eigenvalue weighted by atomic mass is 16.5. The summed E-state index contributed by atoms with van der Waals surface area (Å²) in [5.74, 6) is 3.08. The summed E-state index contributed by atoms with van der Waals surface area (Å²) in [6.07, 6.45) is 1.76. The molecule has 0 aliphatic heterocycles. The number of aromatic nitrogens is 1. The molecule has 0 fully saturated rings. The van der Waals surface area contributed by atoms with E-state index in [4.69, 9.17) is 14.2 Å². The molecule has 140 valence electrons. The second kappa shape index (κ2) is 9.48. The maximum atomic E-state index is 5.81. The second-order valence-electron chi connectivity index (χ2n) is 6.06. The van der Waals surface area contributed by atoms with Crippen LogP contribution in [0.5, 0.6) is 17.2 Å². The number of hydrogen-bond donors (Lipinski definition) is 1. The number of nitrogens with one attached hydrogen (secondary N) is 1. The minimum atomic E-state index is 0.440. The highest BCUT2D eigenvalue weighted by Crippen LogP contribution is 2.28. The van der Waals surface area contributed by atoms with Crippen molar-refractivity contribution >= 4 is 5.82 Å². The van der Waals surface area contributed by atoms with E-state index in [0.717, 1.165) is 17.1 Å². The molecule has 0 aliphatic carbocycles. The van der Waals surface area contributed by atoms with Crippen molar-refractivity contribution in [3.63, 3.8) is 0 Å². The Morgan fingerprint density at radius 1 is 0.889 bits per heavy atom. The summed E-state index contributed by atoms with van der Waals surface area (Å²) in [5, 5.41) is 3.28. The van der Waals surface area contributed by atoms with Gasteiger partial charge in [0.05, 0.1) is 7.11 Å². The summed E-state index contributed by atoms with van der Waals surface area (Å²) in [5.41, 5.74) is 2.29. The third-order valence-corrected chi connectivity index (χ3v) is 4.00. The number of pyridine rings is 1. The zero-order chi connectivity index (χ0) is 18.9. The monoisotopic (exact) mass is 364 g/mol. The number of nitrogens with zero attached hydrogens (tertiary/aromatic N) is 1. The average Bonchev–Trinajstić information content (AvgIpc) is 2.72. The Morgan fingerprint density at radius 2 is 1.70 bits per heavy atom. The molecule has 2 aromatic carbocycles. The maximum Gasteiger partial charge on any atom is 0.161 e. The first kappa shape index (κ1) is 18.6. The standard InChI is InChI=1S/C22H24N2O3/c1-17-6-9-19(10-7-17)26-13-14-27-20-11-8-18(15-21(20)25-2)16-24-22-5-3-4-12-23-22/h3-12,15H,13-14,16H2,1-2H3,(H,23,24). The largest absolute Gasteiger partial charge is 0.493 e. The molecule has 5 nitrogen and oxygen atoms in total. The van der Waals surface area contributed by atoms with Gasteiger partial charge in [0.1, 0.15) is 24.8 Å². The Kier molecular flexibility index (Phi) is 6.52. The zero-order valence-electron chi connectivity index (χ0n) is 15.6. The lowest BCUT2D eigenvalue weighted by Crippen LogP contribution is -2.10. The molecule has 0 saturated heterocycles. The minimum absolute atomic E-state index is 0.440. The van der Waals surface area contributed by atoms with Crippen molar-refractivity contribution < 1.29 is 14.2 Å². The van der Waals surface area contributed by atoms with E-state index in [1.165, 1.54) is 5.56 Å². The van der Waals surface area contributed by atoms with Crippen LogP contribution in [0.3, 0.4) is 0 Å². The molecule has 0 spiro atoms. The van der Waals surface area contributed by atoms with Gasteiger partial charge in [0, 0.05) is 12.7 Å². The van der Waals surface area contributed by atoms with E-state index in [1.807, 2.05) is 60.7 Å². The van der Waals surface area contributed by atoms with Crippen LogP contribution in [0, 0.1) is 6.92 Å². The van der Waals surface area contributed by atoms with Crippen LogP contribution in [-0.4, -0.2) is 25.3 Å². The summed E-state index contributed by atoms with van der Waals surface area (Å²) >= 11 is 0. The number of aryl methyl sites for hydroxylation is 1. The van der Waals surface area contributed by atoms with Crippen LogP contribution in [0.4, 0.5) is 5.82 Å². The second-order valence-corrected chi connectivity index (χ2v) is 6.06. The first-order valence-corrected chi connectivity index (χ1v) is 8.88. The summed E-state index contributed by atoms with van der Waals surface area (Å²) < 4.78 is 17.0. The summed E-state index contributed by atoms with van der Waals surface area (Å²) in [7, 11) is 1.64. The molecule has 3 rings (SSSR count). The van der Waals surface area contributed by atoms with Gasteiger partial charge in [-0.1, -0.05) is 29.8 Å². The van der Waals surface area contributed by atoms with Gasteiger partial charge in [-0.2, -0.15) is 0 Å². The molecule has 0 bridgehead atoms. The van der Waals surface area contributed by atoms with Crippen LogP contribution < -0.4 is 19.5 Å². The number of benzene rings is 2. The average molecular weight is 364 g/mol. The number of hydrogen-bond acceptors (Lipinski definition) is 5. The van der Waals surface area contributed by atoms with Crippen molar-refractivity contribution in [1.29, 1.82) is 0 Å². The first-order valence-electron chi connectivity index (χ1n) is 8.88. The molecule has 1 heterocycles. The van der Waals surface area contributed by atoms with Crippen molar-refractivity contribution in [1.82, 2.24) is 4.98 Å². The SMILES string of the molecule is COc1cc(CNc2ccccn2)ccc1OCCOc1ccc(C)cc1. The highest BCUT2D eigenvalue weighted by molar-refractivity contribution is 5.44. The van der Waals surface area contributed by atoms with Crippen LogP contribution in [-0.2, 0) is 6.54 Å². The molecule has 3 aromatic rings. The molecule has 0 radical (unpaired) electrons. The van der Waals surface area contributed by atoms with E-state index in [9.17, 15) is 0 Å².